The average Bonchev–Trinajstić information content (AvgIpc) is 2.70. The standard InChI is InChI=1S/C20H20F4O4S2/c1-2-13-7-9-14(10-8-13)28-11-5-3-4-6-12-29-19-15(21)17(23)20(30(25,26)27)18(24)16(19)22/h2,7-10H,1,3-6,11-12H2,(H,25,26,27)/p-1. The summed E-state index contributed by atoms with van der Waals surface area (Å²) in [6.45, 7) is 4.16. The Morgan fingerprint density at radius 3 is 2.03 bits per heavy atom. The van der Waals surface area contributed by atoms with E-state index in [-0.39, 0.29) is 5.75 Å². The van der Waals surface area contributed by atoms with E-state index in [2.05, 4.69) is 6.58 Å². The zero-order valence-electron chi connectivity index (χ0n) is 15.8. The molecule has 0 heterocycles. The predicted octanol–water partition coefficient (Wildman–Crippen LogP) is 5.52. The number of rotatable bonds is 11. The van der Waals surface area contributed by atoms with Gasteiger partial charge < -0.3 is 9.29 Å². The Balaban J connectivity index is 1.77. The van der Waals surface area contributed by atoms with E-state index in [1.165, 1.54) is 0 Å². The molecule has 30 heavy (non-hydrogen) atoms. The number of hydrogen-bond acceptors (Lipinski definition) is 5. The van der Waals surface area contributed by atoms with Crippen LogP contribution in [0.3, 0.4) is 0 Å². The molecule has 0 spiro atoms. The monoisotopic (exact) mass is 463 g/mol. The van der Waals surface area contributed by atoms with E-state index < -0.39 is 43.2 Å². The lowest BCUT2D eigenvalue weighted by Gasteiger charge is -2.13. The molecular weight excluding hydrogens is 444 g/mol. The molecule has 2 aromatic rings. The summed E-state index contributed by atoms with van der Waals surface area (Å²) in [5.74, 6) is -7.29. The number of thioether (sulfide) groups is 1. The Labute approximate surface area is 176 Å². The van der Waals surface area contributed by atoms with Crippen molar-refractivity contribution in [3.8, 4) is 5.75 Å². The maximum atomic E-state index is 13.9. The van der Waals surface area contributed by atoms with Crippen LogP contribution in [0.25, 0.3) is 6.08 Å². The molecular formula is C20H19F4O4S2-. The lowest BCUT2D eigenvalue weighted by atomic mass is 10.2. The van der Waals surface area contributed by atoms with Crippen LogP contribution >= 0.6 is 11.8 Å². The van der Waals surface area contributed by atoms with E-state index in [9.17, 15) is 30.5 Å². The Kier molecular flexibility index (Phi) is 8.75. The summed E-state index contributed by atoms with van der Waals surface area (Å²) in [5.41, 5.74) is 0.983. The van der Waals surface area contributed by atoms with Gasteiger partial charge in [-0.25, -0.2) is 26.0 Å². The molecule has 0 radical (unpaired) electrons. The maximum absolute atomic E-state index is 13.9. The van der Waals surface area contributed by atoms with Gasteiger partial charge in [0.15, 0.2) is 23.3 Å². The van der Waals surface area contributed by atoms with Crippen LogP contribution in [0, 0.1) is 23.3 Å². The van der Waals surface area contributed by atoms with Crippen molar-refractivity contribution >= 4 is 28.0 Å². The van der Waals surface area contributed by atoms with E-state index in [1.807, 2.05) is 24.3 Å². The number of unbranched alkanes of at least 4 members (excludes halogenated alkanes) is 3. The Hall–Kier alpha value is -2.04. The lowest BCUT2D eigenvalue weighted by molar-refractivity contribution is 0.305. The molecule has 0 fully saturated rings. The molecule has 2 aromatic carbocycles. The summed E-state index contributed by atoms with van der Waals surface area (Å²) in [6, 6.07) is 7.42. The van der Waals surface area contributed by atoms with E-state index in [0.717, 1.165) is 24.2 Å². The highest BCUT2D eigenvalue weighted by Crippen LogP contribution is 2.34. The highest BCUT2D eigenvalue weighted by Gasteiger charge is 2.28. The molecule has 0 aliphatic rings. The Morgan fingerprint density at radius 1 is 0.933 bits per heavy atom. The van der Waals surface area contributed by atoms with E-state index in [0.29, 0.717) is 31.2 Å². The fraction of sp³-hybridized carbons (Fsp3) is 0.300. The first-order valence-electron chi connectivity index (χ1n) is 8.96. The average molecular weight is 463 g/mol. The fourth-order valence-electron chi connectivity index (χ4n) is 2.56. The van der Waals surface area contributed by atoms with Crippen LogP contribution in [0.5, 0.6) is 5.75 Å². The second kappa shape index (κ2) is 10.8. The fourth-order valence-corrected chi connectivity index (χ4v) is 4.16. The maximum Gasteiger partial charge on any atom is 0.180 e. The number of benzene rings is 2. The number of ether oxygens (including phenoxy) is 1. The normalized spacial score (nSPS) is 11.5. The minimum absolute atomic E-state index is 0.153. The second-order valence-electron chi connectivity index (χ2n) is 6.25. The first kappa shape index (κ1) is 24.2. The molecule has 0 atom stereocenters. The SMILES string of the molecule is C=Cc1ccc(OCCCCCCSc2c(F)c(F)c(S(=O)(=O)[O-])c(F)c2F)cc1. The highest BCUT2D eigenvalue weighted by molar-refractivity contribution is 7.99. The summed E-state index contributed by atoms with van der Waals surface area (Å²) in [7, 11) is -5.69. The largest absolute Gasteiger partial charge is 0.744 e. The minimum atomic E-state index is -5.69. The van der Waals surface area contributed by atoms with Crippen molar-refractivity contribution in [3.05, 3.63) is 59.7 Å². The van der Waals surface area contributed by atoms with Gasteiger partial charge >= 0.3 is 0 Å². The van der Waals surface area contributed by atoms with Crippen molar-refractivity contribution in [2.24, 2.45) is 0 Å². The Bertz CT molecular complexity index is 964. The van der Waals surface area contributed by atoms with Crippen molar-refractivity contribution in [2.45, 2.75) is 35.5 Å². The molecule has 10 heteroatoms. The molecule has 0 amide bonds. The van der Waals surface area contributed by atoms with Gasteiger partial charge in [-0.05, 0) is 36.3 Å². The zero-order valence-corrected chi connectivity index (χ0v) is 17.4. The van der Waals surface area contributed by atoms with E-state index in [1.54, 1.807) is 6.08 Å². The molecule has 0 saturated carbocycles. The summed E-state index contributed by atoms with van der Waals surface area (Å²) in [5, 5.41) is 0. The summed E-state index contributed by atoms with van der Waals surface area (Å²) in [6.07, 6.45) is 4.43. The lowest BCUT2D eigenvalue weighted by Crippen LogP contribution is -2.11. The molecule has 0 aromatic heterocycles. The van der Waals surface area contributed by atoms with Gasteiger partial charge in [0.1, 0.15) is 20.8 Å². The predicted molar refractivity (Wildman–Crippen MR) is 105 cm³/mol. The van der Waals surface area contributed by atoms with E-state index >= 15 is 0 Å². The molecule has 0 N–H and O–H groups in total. The summed E-state index contributed by atoms with van der Waals surface area (Å²) < 4.78 is 93.2. The van der Waals surface area contributed by atoms with Gasteiger partial charge in [0.2, 0.25) is 0 Å². The van der Waals surface area contributed by atoms with Crippen molar-refractivity contribution in [2.75, 3.05) is 12.4 Å². The van der Waals surface area contributed by atoms with Crippen molar-refractivity contribution in [1.29, 1.82) is 0 Å². The molecule has 164 valence electrons. The first-order valence-corrected chi connectivity index (χ1v) is 11.4. The van der Waals surface area contributed by atoms with Crippen LogP contribution in [0.2, 0.25) is 0 Å². The molecule has 0 aliphatic heterocycles. The second-order valence-corrected chi connectivity index (χ2v) is 8.67. The third-order valence-corrected chi connectivity index (χ3v) is 6.10. The number of hydrogen-bond donors (Lipinski definition) is 0. The summed E-state index contributed by atoms with van der Waals surface area (Å²) in [4.78, 5) is -3.12. The van der Waals surface area contributed by atoms with Crippen LogP contribution in [0.1, 0.15) is 31.2 Å². The van der Waals surface area contributed by atoms with Crippen molar-refractivity contribution in [3.63, 3.8) is 0 Å². The molecule has 0 bridgehead atoms. The molecule has 2 rings (SSSR count). The van der Waals surface area contributed by atoms with Crippen LogP contribution in [0.4, 0.5) is 17.6 Å². The summed E-state index contributed by atoms with van der Waals surface area (Å²) >= 11 is 0.519. The third-order valence-electron chi connectivity index (χ3n) is 4.10. The van der Waals surface area contributed by atoms with Crippen LogP contribution < -0.4 is 4.74 Å². The van der Waals surface area contributed by atoms with Crippen molar-refractivity contribution < 1.29 is 35.3 Å². The van der Waals surface area contributed by atoms with Gasteiger partial charge in [-0.3, -0.25) is 0 Å². The van der Waals surface area contributed by atoms with Gasteiger partial charge in [-0.1, -0.05) is 37.6 Å². The highest BCUT2D eigenvalue weighted by atomic mass is 32.2. The van der Waals surface area contributed by atoms with Gasteiger partial charge in [-0.2, -0.15) is 0 Å². The zero-order chi connectivity index (χ0) is 22.3. The third kappa shape index (κ3) is 6.23. The minimum Gasteiger partial charge on any atom is -0.744 e. The van der Waals surface area contributed by atoms with Gasteiger partial charge in [0, 0.05) is 0 Å². The van der Waals surface area contributed by atoms with Crippen LogP contribution in [-0.4, -0.2) is 25.3 Å². The molecule has 0 unspecified atom stereocenters. The topological polar surface area (TPSA) is 66.4 Å². The number of halogens is 4. The van der Waals surface area contributed by atoms with Gasteiger partial charge in [-0.15, -0.1) is 11.8 Å². The van der Waals surface area contributed by atoms with Gasteiger partial charge in [0.05, 0.1) is 11.5 Å². The smallest absolute Gasteiger partial charge is 0.180 e. The molecule has 0 saturated heterocycles. The first-order chi connectivity index (χ1) is 14.2. The van der Waals surface area contributed by atoms with E-state index in [4.69, 9.17) is 4.74 Å². The molecule has 0 aliphatic carbocycles. The van der Waals surface area contributed by atoms with Crippen molar-refractivity contribution in [1.82, 2.24) is 0 Å². The van der Waals surface area contributed by atoms with Crippen LogP contribution in [-0.2, 0) is 10.1 Å². The Morgan fingerprint density at radius 2 is 1.50 bits per heavy atom. The quantitative estimate of drug-likeness (QED) is 0.144. The molecule has 4 nitrogen and oxygen atoms in total. The van der Waals surface area contributed by atoms with Gasteiger partial charge in [0.25, 0.3) is 0 Å². The van der Waals surface area contributed by atoms with Crippen LogP contribution in [0.15, 0.2) is 40.6 Å².